The molecule has 106 valence electrons. The standard InChI is InChI=1S/C16H27N3/c1-14-8-6-11-17-16(14)18-12-7-13-19(2)15-9-4-3-5-10-15/h6,8,11,15H,3-5,7,9-10,12-13H2,1-2H3,(H,17,18). The molecule has 1 heterocycles. The molecule has 0 spiro atoms. The van der Waals surface area contributed by atoms with Gasteiger partial charge in [0.15, 0.2) is 0 Å². The lowest BCUT2D eigenvalue weighted by atomic mass is 9.94. The van der Waals surface area contributed by atoms with Gasteiger partial charge in [0.1, 0.15) is 5.82 Å². The van der Waals surface area contributed by atoms with Crippen molar-refractivity contribution in [2.75, 3.05) is 25.5 Å². The minimum absolute atomic E-state index is 0.824. The van der Waals surface area contributed by atoms with Crippen molar-refractivity contribution in [2.45, 2.75) is 51.5 Å². The number of nitrogens with zero attached hydrogens (tertiary/aromatic N) is 2. The van der Waals surface area contributed by atoms with Crippen LogP contribution in [0.25, 0.3) is 0 Å². The van der Waals surface area contributed by atoms with Gasteiger partial charge in [-0.15, -0.1) is 0 Å². The van der Waals surface area contributed by atoms with E-state index in [2.05, 4.69) is 35.2 Å². The zero-order valence-electron chi connectivity index (χ0n) is 12.4. The van der Waals surface area contributed by atoms with Crippen molar-refractivity contribution in [1.29, 1.82) is 0 Å². The maximum Gasteiger partial charge on any atom is 0.128 e. The van der Waals surface area contributed by atoms with Crippen LogP contribution in [0.5, 0.6) is 0 Å². The summed E-state index contributed by atoms with van der Waals surface area (Å²) >= 11 is 0. The highest BCUT2D eigenvalue weighted by Crippen LogP contribution is 2.21. The minimum Gasteiger partial charge on any atom is -0.370 e. The van der Waals surface area contributed by atoms with E-state index in [0.29, 0.717) is 0 Å². The molecular weight excluding hydrogens is 234 g/mol. The molecule has 0 amide bonds. The lowest BCUT2D eigenvalue weighted by Gasteiger charge is -2.31. The molecule has 1 fully saturated rings. The predicted molar refractivity (Wildman–Crippen MR) is 81.6 cm³/mol. The molecule has 1 aliphatic carbocycles. The lowest BCUT2D eigenvalue weighted by molar-refractivity contribution is 0.191. The Morgan fingerprint density at radius 1 is 1.32 bits per heavy atom. The molecule has 3 heteroatoms. The van der Waals surface area contributed by atoms with Crippen LogP contribution >= 0.6 is 0 Å². The van der Waals surface area contributed by atoms with E-state index < -0.39 is 0 Å². The maximum atomic E-state index is 4.36. The van der Waals surface area contributed by atoms with Crippen molar-refractivity contribution in [3.63, 3.8) is 0 Å². The van der Waals surface area contributed by atoms with Gasteiger partial charge >= 0.3 is 0 Å². The fraction of sp³-hybridized carbons (Fsp3) is 0.688. The van der Waals surface area contributed by atoms with Gasteiger partial charge in [0, 0.05) is 18.8 Å². The third kappa shape index (κ3) is 4.50. The number of hydrogen-bond donors (Lipinski definition) is 1. The van der Waals surface area contributed by atoms with E-state index in [4.69, 9.17) is 0 Å². The number of rotatable bonds is 6. The van der Waals surface area contributed by atoms with Crippen LogP contribution < -0.4 is 5.32 Å². The zero-order valence-corrected chi connectivity index (χ0v) is 12.4. The summed E-state index contributed by atoms with van der Waals surface area (Å²) in [6.07, 6.45) is 10.1. The number of anilines is 1. The Balaban J connectivity index is 1.65. The molecule has 0 unspecified atom stereocenters. The van der Waals surface area contributed by atoms with E-state index >= 15 is 0 Å². The van der Waals surface area contributed by atoms with Gasteiger partial charge < -0.3 is 10.2 Å². The summed E-state index contributed by atoms with van der Waals surface area (Å²) in [5.41, 5.74) is 1.23. The Morgan fingerprint density at radius 2 is 2.11 bits per heavy atom. The molecule has 0 atom stereocenters. The molecule has 0 bridgehead atoms. The Kier molecular flexibility index (Phi) is 5.64. The molecule has 1 aromatic rings. The second kappa shape index (κ2) is 7.49. The molecule has 0 radical (unpaired) electrons. The summed E-state index contributed by atoms with van der Waals surface area (Å²) in [4.78, 5) is 6.91. The third-order valence-electron chi connectivity index (χ3n) is 4.19. The Labute approximate surface area is 117 Å². The van der Waals surface area contributed by atoms with Crippen molar-refractivity contribution < 1.29 is 0 Å². The van der Waals surface area contributed by atoms with Crippen LogP contribution in [0.15, 0.2) is 18.3 Å². The van der Waals surface area contributed by atoms with Crippen LogP contribution in [0.4, 0.5) is 5.82 Å². The topological polar surface area (TPSA) is 28.2 Å². The fourth-order valence-electron chi connectivity index (χ4n) is 2.91. The summed E-state index contributed by atoms with van der Waals surface area (Å²) in [5, 5.41) is 3.43. The summed E-state index contributed by atoms with van der Waals surface area (Å²) in [5.74, 6) is 1.03. The van der Waals surface area contributed by atoms with Gasteiger partial charge in [-0.05, 0) is 51.4 Å². The Hall–Kier alpha value is -1.09. The van der Waals surface area contributed by atoms with Gasteiger partial charge in [-0.3, -0.25) is 0 Å². The minimum atomic E-state index is 0.824. The molecule has 1 N–H and O–H groups in total. The fourth-order valence-corrected chi connectivity index (χ4v) is 2.91. The first-order chi connectivity index (χ1) is 9.27. The molecule has 1 saturated carbocycles. The number of aromatic nitrogens is 1. The van der Waals surface area contributed by atoms with Gasteiger partial charge in [0.05, 0.1) is 0 Å². The first kappa shape index (κ1) is 14.3. The third-order valence-corrected chi connectivity index (χ3v) is 4.19. The normalized spacial score (nSPS) is 16.8. The van der Waals surface area contributed by atoms with Crippen LogP contribution in [0, 0.1) is 6.92 Å². The molecule has 1 aliphatic rings. The van der Waals surface area contributed by atoms with Gasteiger partial charge in [-0.1, -0.05) is 25.3 Å². The highest BCUT2D eigenvalue weighted by molar-refractivity contribution is 5.42. The van der Waals surface area contributed by atoms with Crippen LogP contribution in [-0.4, -0.2) is 36.1 Å². The van der Waals surface area contributed by atoms with Gasteiger partial charge in [-0.2, -0.15) is 0 Å². The lowest BCUT2D eigenvalue weighted by Crippen LogP contribution is -2.34. The first-order valence-corrected chi connectivity index (χ1v) is 7.63. The molecule has 2 rings (SSSR count). The summed E-state index contributed by atoms with van der Waals surface area (Å²) in [7, 11) is 2.28. The SMILES string of the molecule is Cc1cccnc1NCCCN(C)C1CCCCC1. The highest BCUT2D eigenvalue weighted by Gasteiger charge is 2.17. The smallest absolute Gasteiger partial charge is 0.128 e. The van der Waals surface area contributed by atoms with Crippen molar-refractivity contribution in [3.05, 3.63) is 23.9 Å². The average Bonchev–Trinajstić information content (AvgIpc) is 2.46. The quantitative estimate of drug-likeness (QED) is 0.795. The zero-order chi connectivity index (χ0) is 13.5. The Bertz CT molecular complexity index is 372. The summed E-state index contributed by atoms with van der Waals surface area (Å²) < 4.78 is 0. The van der Waals surface area contributed by atoms with E-state index in [1.165, 1.54) is 50.6 Å². The summed E-state index contributed by atoms with van der Waals surface area (Å²) in [6, 6.07) is 4.91. The molecule has 0 aromatic carbocycles. The van der Waals surface area contributed by atoms with Gasteiger partial charge in [0.2, 0.25) is 0 Å². The van der Waals surface area contributed by atoms with Crippen molar-refractivity contribution in [3.8, 4) is 0 Å². The second-order valence-corrected chi connectivity index (χ2v) is 5.72. The largest absolute Gasteiger partial charge is 0.370 e. The molecule has 0 saturated heterocycles. The van der Waals surface area contributed by atoms with Crippen molar-refractivity contribution in [1.82, 2.24) is 9.88 Å². The van der Waals surface area contributed by atoms with Gasteiger partial charge in [0.25, 0.3) is 0 Å². The second-order valence-electron chi connectivity index (χ2n) is 5.72. The highest BCUT2D eigenvalue weighted by atomic mass is 15.1. The van der Waals surface area contributed by atoms with Gasteiger partial charge in [-0.25, -0.2) is 4.98 Å². The maximum absolute atomic E-state index is 4.36. The van der Waals surface area contributed by atoms with Crippen molar-refractivity contribution in [2.24, 2.45) is 0 Å². The molecule has 19 heavy (non-hydrogen) atoms. The van der Waals surface area contributed by atoms with Crippen LogP contribution in [0.1, 0.15) is 44.1 Å². The van der Waals surface area contributed by atoms with E-state index in [9.17, 15) is 0 Å². The van der Waals surface area contributed by atoms with Crippen LogP contribution in [-0.2, 0) is 0 Å². The summed E-state index contributed by atoms with van der Waals surface area (Å²) in [6.45, 7) is 4.29. The first-order valence-electron chi connectivity index (χ1n) is 7.63. The number of nitrogens with one attached hydrogen (secondary N) is 1. The van der Waals surface area contributed by atoms with Crippen LogP contribution in [0.2, 0.25) is 0 Å². The predicted octanol–water partition coefficient (Wildman–Crippen LogP) is 3.46. The van der Waals surface area contributed by atoms with E-state index in [0.717, 1.165) is 18.4 Å². The van der Waals surface area contributed by atoms with Crippen molar-refractivity contribution >= 4 is 5.82 Å². The molecule has 0 aliphatic heterocycles. The molecule has 3 nitrogen and oxygen atoms in total. The molecular formula is C16H27N3. The van der Waals surface area contributed by atoms with Crippen LogP contribution in [0.3, 0.4) is 0 Å². The van der Waals surface area contributed by atoms with E-state index in [1.807, 2.05) is 12.3 Å². The molecule has 1 aromatic heterocycles. The number of hydrogen-bond acceptors (Lipinski definition) is 3. The van der Waals surface area contributed by atoms with E-state index in [-0.39, 0.29) is 0 Å². The number of aryl methyl sites for hydroxylation is 1. The Morgan fingerprint density at radius 3 is 2.84 bits per heavy atom. The average molecular weight is 261 g/mol. The monoisotopic (exact) mass is 261 g/mol. The number of pyridine rings is 1. The van der Waals surface area contributed by atoms with E-state index in [1.54, 1.807) is 0 Å².